The molecule has 0 atom stereocenters. The molecular weight excluding hydrogens is 542 g/mol. The number of carbonyl (C=O) groups excluding carboxylic acids is 1. The maximum atomic E-state index is 12.9. The Hall–Kier alpha value is -2.54. The highest BCUT2D eigenvalue weighted by molar-refractivity contribution is 7.53. The number of carbonyl (C=O) groups is 1. The zero-order valence-electron chi connectivity index (χ0n) is 20.8. The van der Waals surface area contributed by atoms with Crippen LogP contribution in [0.15, 0.2) is 27.8 Å². The average molecular weight is 573 g/mol. The van der Waals surface area contributed by atoms with Crippen LogP contribution in [0.1, 0.15) is 38.7 Å². The minimum Gasteiger partial charge on any atom is -0.383 e. The van der Waals surface area contributed by atoms with E-state index in [4.69, 9.17) is 44.4 Å². The molecule has 0 spiro atoms. The van der Waals surface area contributed by atoms with Gasteiger partial charge in [-0.25, -0.2) is 9.36 Å². The lowest BCUT2D eigenvalue weighted by molar-refractivity contribution is -0.116. The van der Waals surface area contributed by atoms with Crippen LogP contribution in [0.5, 0.6) is 0 Å². The van der Waals surface area contributed by atoms with Crippen molar-refractivity contribution >= 4 is 48.2 Å². The number of anilines is 2. The first-order valence-electron chi connectivity index (χ1n) is 11.8. The molecule has 0 fully saturated rings. The lowest BCUT2D eigenvalue weighted by Crippen LogP contribution is -2.42. The number of terminal acetylenes is 1. The number of nitrogens with two attached hydrogens (primary N) is 1. The van der Waals surface area contributed by atoms with Crippen molar-refractivity contribution in [2.45, 2.75) is 52.6 Å². The second-order valence-corrected chi connectivity index (χ2v) is 10.9. The van der Waals surface area contributed by atoms with Crippen molar-refractivity contribution in [3.05, 3.63) is 54.6 Å². The van der Waals surface area contributed by atoms with Crippen LogP contribution >= 0.6 is 30.8 Å². The smallest absolute Gasteiger partial charge is 0.333 e. The van der Waals surface area contributed by atoms with E-state index >= 15 is 0 Å². The number of benzene rings is 1. The fourth-order valence-corrected chi connectivity index (χ4v) is 5.94. The molecule has 2 rings (SSSR count). The normalized spacial score (nSPS) is 11.3. The first-order chi connectivity index (χ1) is 17.6. The van der Waals surface area contributed by atoms with Crippen LogP contribution in [0.2, 0.25) is 10.0 Å². The summed E-state index contributed by atoms with van der Waals surface area (Å²) in [7, 11) is -3.24. The maximum Gasteiger partial charge on any atom is 0.333 e. The van der Waals surface area contributed by atoms with Crippen LogP contribution < -0.4 is 22.3 Å². The third-order valence-corrected chi connectivity index (χ3v) is 8.24. The van der Waals surface area contributed by atoms with E-state index in [0.29, 0.717) is 28.5 Å². The van der Waals surface area contributed by atoms with Gasteiger partial charge in [-0.05, 0) is 50.8 Å². The molecule has 3 N–H and O–H groups in total. The molecule has 1 heterocycles. The molecule has 0 saturated heterocycles. The van der Waals surface area contributed by atoms with E-state index in [-0.39, 0.29) is 56.8 Å². The molecule has 0 aliphatic heterocycles. The summed E-state index contributed by atoms with van der Waals surface area (Å²) in [6.07, 6.45) is 6.46. The number of halogens is 2. The Balaban J connectivity index is 2.23. The summed E-state index contributed by atoms with van der Waals surface area (Å²) in [5.74, 6) is 1.54. The van der Waals surface area contributed by atoms with E-state index in [1.807, 2.05) is 0 Å². The standard InChI is InChI=1S/C24H31Cl2N4O6P/c1-4-14-30-23(32)21(28-20(31)13-12-17-18(25)10-9-11-19(17)26)22(27)29(24(30)33)15-7-8-16-37(34,35-5-2)36-6-3/h1,9-11H,5-8,12-16,27H2,2-3H3,(H,28,31). The quantitative estimate of drug-likeness (QED) is 0.197. The molecule has 1 amide bonds. The lowest BCUT2D eigenvalue weighted by atomic mass is 10.1. The Morgan fingerprint density at radius 1 is 1.14 bits per heavy atom. The first kappa shape index (κ1) is 30.7. The topological polar surface area (TPSA) is 135 Å². The van der Waals surface area contributed by atoms with Gasteiger partial charge in [0.05, 0.1) is 25.9 Å². The Kier molecular flexibility index (Phi) is 12.0. The number of unbranched alkanes of at least 4 members (excludes halogenated alkanes) is 1. The van der Waals surface area contributed by atoms with Crippen LogP contribution in [0.3, 0.4) is 0 Å². The molecule has 0 aliphatic carbocycles. The molecule has 202 valence electrons. The summed E-state index contributed by atoms with van der Waals surface area (Å²) in [4.78, 5) is 38.5. The first-order valence-corrected chi connectivity index (χ1v) is 14.2. The molecule has 37 heavy (non-hydrogen) atoms. The van der Waals surface area contributed by atoms with Gasteiger partial charge in [-0.15, -0.1) is 6.42 Å². The Bertz CT molecular complexity index is 1290. The van der Waals surface area contributed by atoms with Gasteiger partial charge in [-0.2, -0.15) is 0 Å². The molecule has 0 bridgehead atoms. The summed E-state index contributed by atoms with van der Waals surface area (Å²) >= 11 is 12.3. The predicted molar refractivity (Wildman–Crippen MR) is 147 cm³/mol. The highest BCUT2D eigenvalue weighted by atomic mass is 35.5. The van der Waals surface area contributed by atoms with Crippen molar-refractivity contribution < 1.29 is 18.4 Å². The monoisotopic (exact) mass is 572 g/mol. The van der Waals surface area contributed by atoms with E-state index in [2.05, 4.69) is 11.2 Å². The van der Waals surface area contributed by atoms with Crippen LogP contribution in [-0.4, -0.2) is 34.4 Å². The van der Waals surface area contributed by atoms with E-state index in [9.17, 15) is 18.9 Å². The molecule has 0 aliphatic rings. The van der Waals surface area contributed by atoms with Gasteiger partial charge < -0.3 is 20.1 Å². The van der Waals surface area contributed by atoms with Gasteiger partial charge in [0.1, 0.15) is 11.5 Å². The Morgan fingerprint density at radius 2 is 1.76 bits per heavy atom. The van der Waals surface area contributed by atoms with Gasteiger partial charge in [0.2, 0.25) is 5.91 Å². The summed E-state index contributed by atoms with van der Waals surface area (Å²) in [5, 5.41) is 3.34. The van der Waals surface area contributed by atoms with Crippen molar-refractivity contribution in [1.82, 2.24) is 9.13 Å². The van der Waals surface area contributed by atoms with Crippen LogP contribution in [0.25, 0.3) is 0 Å². The predicted octanol–water partition coefficient (Wildman–Crippen LogP) is 4.15. The zero-order chi connectivity index (χ0) is 27.6. The number of nitrogens with zero attached hydrogens (tertiary/aromatic N) is 2. The third-order valence-electron chi connectivity index (χ3n) is 5.36. The van der Waals surface area contributed by atoms with Crippen molar-refractivity contribution in [2.75, 3.05) is 30.4 Å². The second-order valence-electron chi connectivity index (χ2n) is 7.92. The SMILES string of the molecule is C#CCn1c(=O)c(NC(=O)CCc2c(Cl)cccc2Cl)c(N)n(CCCCP(=O)(OCC)OCC)c1=O. The Labute approximate surface area is 225 Å². The number of hydrogen-bond donors (Lipinski definition) is 2. The molecule has 2 aromatic rings. The second kappa shape index (κ2) is 14.4. The van der Waals surface area contributed by atoms with Gasteiger partial charge in [0.25, 0.3) is 5.56 Å². The number of rotatable bonds is 14. The Morgan fingerprint density at radius 3 is 2.32 bits per heavy atom. The summed E-state index contributed by atoms with van der Waals surface area (Å²) in [6, 6.07) is 5.02. The van der Waals surface area contributed by atoms with Crippen LogP contribution in [-0.2, 0) is 37.9 Å². The number of aromatic nitrogens is 2. The van der Waals surface area contributed by atoms with E-state index in [1.54, 1.807) is 32.0 Å². The van der Waals surface area contributed by atoms with Gasteiger partial charge >= 0.3 is 13.3 Å². The van der Waals surface area contributed by atoms with Crippen molar-refractivity contribution in [1.29, 1.82) is 0 Å². The molecule has 13 heteroatoms. The highest BCUT2D eigenvalue weighted by Crippen LogP contribution is 2.48. The maximum absolute atomic E-state index is 12.9. The number of nitrogens with one attached hydrogen (secondary N) is 1. The van der Waals surface area contributed by atoms with Crippen molar-refractivity contribution in [2.24, 2.45) is 0 Å². The van der Waals surface area contributed by atoms with Gasteiger partial charge in [0.15, 0.2) is 0 Å². The fourth-order valence-electron chi connectivity index (χ4n) is 3.63. The van der Waals surface area contributed by atoms with Gasteiger partial charge in [-0.3, -0.25) is 18.7 Å². The lowest BCUT2D eigenvalue weighted by Gasteiger charge is -2.18. The fraction of sp³-hybridized carbons (Fsp3) is 0.458. The molecular formula is C24H31Cl2N4O6P. The minimum absolute atomic E-state index is 0.0409. The van der Waals surface area contributed by atoms with E-state index < -0.39 is 24.8 Å². The summed E-state index contributed by atoms with van der Waals surface area (Å²) in [5.41, 5.74) is 4.98. The van der Waals surface area contributed by atoms with E-state index in [0.717, 1.165) is 9.13 Å². The number of nitrogen functional groups attached to an aromatic ring is 1. The molecule has 0 unspecified atom stereocenters. The summed E-state index contributed by atoms with van der Waals surface area (Å²) < 4.78 is 25.2. The summed E-state index contributed by atoms with van der Waals surface area (Å²) in [6.45, 7) is 3.71. The van der Waals surface area contributed by atoms with Crippen molar-refractivity contribution in [3.8, 4) is 12.3 Å². The molecule has 1 aromatic carbocycles. The van der Waals surface area contributed by atoms with Gasteiger partial charge in [0, 0.05) is 23.0 Å². The molecule has 0 saturated carbocycles. The zero-order valence-corrected chi connectivity index (χ0v) is 23.2. The highest BCUT2D eigenvalue weighted by Gasteiger charge is 2.23. The number of hydrogen-bond acceptors (Lipinski definition) is 7. The largest absolute Gasteiger partial charge is 0.383 e. The van der Waals surface area contributed by atoms with Crippen molar-refractivity contribution in [3.63, 3.8) is 0 Å². The van der Waals surface area contributed by atoms with Crippen LogP contribution in [0.4, 0.5) is 11.5 Å². The third kappa shape index (κ3) is 8.22. The molecule has 0 radical (unpaired) electrons. The number of amides is 1. The molecule has 10 nitrogen and oxygen atoms in total. The van der Waals surface area contributed by atoms with Crippen LogP contribution in [0, 0.1) is 12.3 Å². The molecule has 1 aromatic heterocycles. The average Bonchev–Trinajstić information content (AvgIpc) is 2.84. The minimum atomic E-state index is -3.24. The van der Waals surface area contributed by atoms with E-state index in [1.165, 1.54) is 0 Å². The van der Waals surface area contributed by atoms with Gasteiger partial charge in [-0.1, -0.05) is 35.2 Å².